The lowest BCUT2D eigenvalue weighted by atomic mass is 10.3. The molecule has 0 heterocycles. The lowest BCUT2D eigenvalue weighted by molar-refractivity contribution is 0.999. The van der Waals surface area contributed by atoms with Gasteiger partial charge in [0.05, 0.1) is 5.04 Å². The molecular weight excluding hydrogens is 326 g/mol. The van der Waals surface area contributed by atoms with Crippen LogP contribution >= 0.6 is 11.8 Å². The molecular formula is C16H26N5S2-. The second kappa shape index (κ2) is 18.5. The summed E-state index contributed by atoms with van der Waals surface area (Å²) in [5, 5.41) is 18.5. The van der Waals surface area contributed by atoms with Crippen molar-refractivity contribution in [2.75, 3.05) is 5.75 Å². The molecule has 1 aromatic rings. The zero-order chi connectivity index (χ0) is 17.9. The number of nitrogens with zero attached hydrogens (tertiary/aromatic N) is 3. The molecule has 0 amide bonds. The summed E-state index contributed by atoms with van der Waals surface area (Å²) >= 11 is 6.10. The largest absolute Gasteiger partial charge is 0.765 e. The molecule has 1 aromatic carbocycles. The highest BCUT2D eigenvalue weighted by molar-refractivity contribution is 8.13. The van der Waals surface area contributed by atoms with Crippen LogP contribution in [0.4, 0.5) is 5.69 Å². The van der Waals surface area contributed by atoms with Gasteiger partial charge in [-0.05, 0) is 24.1 Å². The van der Waals surface area contributed by atoms with Crippen LogP contribution in [-0.2, 0) is 12.6 Å². The third kappa shape index (κ3) is 20.4. The summed E-state index contributed by atoms with van der Waals surface area (Å²) in [5.74, 6) is 1.04. The molecule has 2 N–H and O–H groups in total. The van der Waals surface area contributed by atoms with E-state index in [9.17, 15) is 0 Å². The van der Waals surface area contributed by atoms with E-state index in [-0.39, 0.29) is 0 Å². The van der Waals surface area contributed by atoms with E-state index in [0.717, 1.165) is 36.5 Å². The van der Waals surface area contributed by atoms with Crippen LogP contribution in [0.15, 0.2) is 35.4 Å². The van der Waals surface area contributed by atoms with Gasteiger partial charge >= 0.3 is 0 Å². The molecule has 128 valence electrons. The Kier molecular flexibility index (Phi) is 19.1. The number of hydrogen-bond acceptors (Lipinski definition) is 5. The fourth-order valence-electron chi connectivity index (χ4n) is 1.25. The van der Waals surface area contributed by atoms with Gasteiger partial charge in [0.25, 0.3) is 0 Å². The van der Waals surface area contributed by atoms with Gasteiger partial charge in [0.15, 0.2) is 0 Å². The van der Waals surface area contributed by atoms with Crippen LogP contribution in [0.1, 0.15) is 46.5 Å². The molecule has 23 heavy (non-hydrogen) atoms. The number of nitrogens with one attached hydrogen (secondary N) is 2. The minimum Gasteiger partial charge on any atom is -0.765 e. The van der Waals surface area contributed by atoms with E-state index in [0.29, 0.717) is 10.7 Å². The molecule has 0 aliphatic heterocycles. The maximum atomic E-state index is 7.98. The molecule has 0 aromatic heterocycles. The quantitative estimate of drug-likeness (QED) is 0.153. The topological polar surface area (TPSA) is 96.5 Å². The van der Waals surface area contributed by atoms with Gasteiger partial charge in [-0.3, -0.25) is 5.41 Å². The van der Waals surface area contributed by atoms with Crippen LogP contribution in [0, 0.1) is 10.8 Å². The Morgan fingerprint density at radius 3 is 2.04 bits per heavy atom. The molecule has 0 aliphatic rings. The van der Waals surface area contributed by atoms with Gasteiger partial charge in [0.1, 0.15) is 0 Å². The van der Waals surface area contributed by atoms with Gasteiger partial charge in [-0.2, -0.15) is 0 Å². The maximum Gasteiger partial charge on any atom is 0.0641 e. The second-order valence-electron chi connectivity index (χ2n) is 4.30. The Morgan fingerprint density at radius 2 is 1.70 bits per heavy atom. The standard InChI is InChI=1S/C6H5N3.C6H13NS.C4H9NS/c7-9-8-6-4-2-1-3-5-6;1-3-5-6(7)8-4-2;1-2-3-4(5)6/h1-5H;7H,3-5H2,1-2H3;2-3H2,1H3,(H2,5,6)/p-1. The molecule has 0 radical (unpaired) electrons. The third-order valence-corrected chi connectivity index (χ3v) is 3.23. The van der Waals surface area contributed by atoms with Gasteiger partial charge in [-0.15, -0.1) is 16.8 Å². The molecule has 0 unspecified atom stereocenters. The molecule has 1 rings (SSSR count). The van der Waals surface area contributed by atoms with Crippen LogP contribution in [-0.4, -0.2) is 15.8 Å². The summed E-state index contributed by atoms with van der Waals surface area (Å²) in [7, 11) is 0. The van der Waals surface area contributed by atoms with Crippen molar-refractivity contribution in [2.45, 2.75) is 46.5 Å². The molecule has 7 heteroatoms. The summed E-state index contributed by atoms with van der Waals surface area (Å²) < 4.78 is 0. The van der Waals surface area contributed by atoms with Crippen molar-refractivity contribution in [1.29, 1.82) is 10.8 Å². The van der Waals surface area contributed by atoms with Crippen LogP contribution in [0.5, 0.6) is 0 Å². The Labute approximate surface area is 149 Å². The van der Waals surface area contributed by atoms with E-state index >= 15 is 0 Å². The van der Waals surface area contributed by atoms with Crippen LogP contribution in [0.3, 0.4) is 0 Å². The first-order valence-corrected chi connectivity index (χ1v) is 8.95. The molecule has 5 nitrogen and oxygen atoms in total. The predicted octanol–water partition coefficient (Wildman–Crippen LogP) is 6.46. The molecule has 0 saturated heterocycles. The number of thioether (sulfide) groups is 1. The molecule has 0 aliphatic carbocycles. The zero-order valence-electron chi connectivity index (χ0n) is 14.1. The van der Waals surface area contributed by atoms with Crippen LogP contribution in [0.2, 0.25) is 0 Å². The smallest absolute Gasteiger partial charge is 0.0641 e. The van der Waals surface area contributed by atoms with Crippen molar-refractivity contribution in [3.05, 3.63) is 40.8 Å². The van der Waals surface area contributed by atoms with E-state index in [1.165, 1.54) is 0 Å². The fraction of sp³-hybridized carbons (Fsp3) is 0.500. The average molecular weight is 353 g/mol. The van der Waals surface area contributed by atoms with Crippen molar-refractivity contribution in [2.24, 2.45) is 5.11 Å². The first-order chi connectivity index (χ1) is 11.0. The van der Waals surface area contributed by atoms with Crippen molar-refractivity contribution >= 4 is 40.2 Å². The number of hydrogen-bond donors (Lipinski definition) is 2. The lowest BCUT2D eigenvalue weighted by Crippen LogP contribution is -1.87. The fourth-order valence-corrected chi connectivity index (χ4v) is 2.15. The van der Waals surface area contributed by atoms with E-state index in [4.69, 9.17) is 16.3 Å². The van der Waals surface area contributed by atoms with Crippen LogP contribution in [0.25, 0.3) is 10.4 Å². The summed E-state index contributed by atoms with van der Waals surface area (Å²) in [6.45, 7) is 6.19. The van der Waals surface area contributed by atoms with Crippen molar-refractivity contribution in [3.8, 4) is 0 Å². The summed E-state index contributed by atoms with van der Waals surface area (Å²) in [6, 6.07) is 9.02. The zero-order valence-corrected chi connectivity index (χ0v) is 15.7. The Bertz CT molecular complexity index is 463. The van der Waals surface area contributed by atoms with Crippen molar-refractivity contribution < 1.29 is 0 Å². The van der Waals surface area contributed by atoms with Crippen molar-refractivity contribution in [3.63, 3.8) is 0 Å². The minimum absolute atomic E-state index is 0.373. The first-order valence-electron chi connectivity index (χ1n) is 7.56. The molecule has 0 atom stereocenters. The normalized spacial score (nSPS) is 8.48. The lowest BCUT2D eigenvalue weighted by Gasteiger charge is -2.00. The van der Waals surface area contributed by atoms with Crippen molar-refractivity contribution in [1.82, 2.24) is 0 Å². The molecule has 0 spiro atoms. The van der Waals surface area contributed by atoms with E-state index < -0.39 is 0 Å². The highest BCUT2D eigenvalue weighted by atomic mass is 32.2. The predicted molar refractivity (Wildman–Crippen MR) is 106 cm³/mol. The average Bonchev–Trinajstić information content (AvgIpc) is 2.50. The Balaban J connectivity index is 0. The monoisotopic (exact) mass is 352 g/mol. The number of rotatable bonds is 6. The number of azide groups is 1. The highest BCUT2D eigenvalue weighted by Crippen LogP contribution is 2.08. The van der Waals surface area contributed by atoms with E-state index in [2.05, 4.69) is 36.5 Å². The summed E-state index contributed by atoms with van der Waals surface area (Å²) in [4.78, 5) is 2.63. The van der Waals surface area contributed by atoms with Gasteiger partial charge in [0, 0.05) is 10.6 Å². The minimum atomic E-state index is 0.373. The van der Waals surface area contributed by atoms with E-state index in [1.54, 1.807) is 23.9 Å². The maximum absolute atomic E-state index is 7.98. The van der Waals surface area contributed by atoms with Crippen LogP contribution < -0.4 is 0 Å². The summed E-state index contributed by atoms with van der Waals surface area (Å²) in [5.41, 5.74) is 8.63. The second-order valence-corrected chi connectivity index (χ2v) is 6.16. The SMILES string of the molecule is CCCC(=N)SCC.CCCC(=N)[S-].[N-]=[N+]=Nc1ccccc1. The van der Waals surface area contributed by atoms with Gasteiger partial charge < -0.3 is 18.0 Å². The van der Waals surface area contributed by atoms with E-state index in [1.807, 2.05) is 25.1 Å². The molecule has 0 fully saturated rings. The van der Waals surface area contributed by atoms with Gasteiger partial charge in [0.2, 0.25) is 0 Å². The first kappa shape index (κ1) is 23.7. The summed E-state index contributed by atoms with van der Waals surface area (Å²) in [6.07, 6.45) is 3.84. The number of benzene rings is 1. The molecule has 0 bridgehead atoms. The Hall–Kier alpha value is -1.56. The Morgan fingerprint density at radius 1 is 1.13 bits per heavy atom. The third-order valence-electron chi connectivity index (χ3n) is 2.19. The highest BCUT2D eigenvalue weighted by Gasteiger charge is 1.90. The molecule has 0 saturated carbocycles. The van der Waals surface area contributed by atoms with Gasteiger partial charge in [-0.1, -0.05) is 69.1 Å². The van der Waals surface area contributed by atoms with Gasteiger partial charge in [-0.25, -0.2) is 0 Å².